The first-order chi connectivity index (χ1) is 9.33. The largest absolute Gasteiger partial charge is 0.444 e. The van der Waals surface area contributed by atoms with Gasteiger partial charge in [-0.15, -0.1) is 0 Å². The number of halogens is 1. The number of benzene rings is 1. The summed E-state index contributed by atoms with van der Waals surface area (Å²) in [5, 5.41) is 6.11. The lowest BCUT2D eigenvalue weighted by atomic mass is 9.93. The quantitative estimate of drug-likeness (QED) is 0.884. The summed E-state index contributed by atoms with van der Waals surface area (Å²) in [5.41, 5.74) is 1.47. The third-order valence-electron chi connectivity index (χ3n) is 3.08. The summed E-state index contributed by atoms with van der Waals surface area (Å²) in [7, 11) is 0. The SMILES string of the molecule is CC(C)(C)OC(=O)Nc1cc(Br)ccc1CC1CNC1. The number of rotatable bonds is 3. The minimum atomic E-state index is -0.492. The lowest BCUT2D eigenvalue weighted by molar-refractivity contribution is 0.0635. The fraction of sp³-hybridized carbons (Fsp3) is 0.533. The summed E-state index contributed by atoms with van der Waals surface area (Å²) in [5.74, 6) is 0.648. The Balaban J connectivity index is 2.08. The van der Waals surface area contributed by atoms with Crippen LogP contribution in [0.3, 0.4) is 0 Å². The van der Waals surface area contributed by atoms with Gasteiger partial charge in [-0.05, 0) is 63.9 Å². The summed E-state index contributed by atoms with van der Waals surface area (Å²) in [4.78, 5) is 11.9. The molecule has 5 heteroatoms. The minimum absolute atomic E-state index is 0.413. The number of anilines is 1. The molecule has 1 aliphatic rings. The van der Waals surface area contributed by atoms with E-state index >= 15 is 0 Å². The van der Waals surface area contributed by atoms with Crippen LogP contribution in [-0.2, 0) is 11.2 Å². The molecule has 0 radical (unpaired) electrons. The first kappa shape index (κ1) is 15.3. The monoisotopic (exact) mass is 340 g/mol. The molecule has 2 rings (SSSR count). The van der Waals surface area contributed by atoms with E-state index in [9.17, 15) is 4.79 Å². The van der Waals surface area contributed by atoms with Crippen LogP contribution in [0.15, 0.2) is 22.7 Å². The zero-order valence-corrected chi connectivity index (χ0v) is 13.7. The van der Waals surface area contributed by atoms with E-state index in [4.69, 9.17) is 4.74 Å². The first-order valence-corrected chi connectivity index (χ1v) is 7.62. The molecule has 1 aromatic carbocycles. The maximum Gasteiger partial charge on any atom is 0.412 e. The topological polar surface area (TPSA) is 50.4 Å². The van der Waals surface area contributed by atoms with E-state index in [0.29, 0.717) is 5.92 Å². The van der Waals surface area contributed by atoms with Gasteiger partial charge in [0.1, 0.15) is 5.60 Å². The molecule has 110 valence electrons. The molecule has 1 aromatic rings. The summed E-state index contributed by atoms with van der Waals surface area (Å²) in [6, 6.07) is 5.97. The Kier molecular flexibility index (Phi) is 4.70. The van der Waals surface area contributed by atoms with Gasteiger partial charge < -0.3 is 10.1 Å². The smallest absolute Gasteiger partial charge is 0.412 e. The van der Waals surface area contributed by atoms with Crippen LogP contribution < -0.4 is 10.6 Å². The molecule has 1 heterocycles. The van der Waals surface area contributed by atoms with Gasteiger partial charge in [-0.2, -0.15) is 0 Å². The third-order valence-corrected chi connectivity index (χ3v) is 3.58. The summed E-state index contributed by atoms with van der Waals surface area (Å²) < 4.78 is 6.25. The van der Waals surface area contributed by atoms with Gasteiger partial charge in [0.2, 0.25) is 0 Å². The highest BCUT2D eigenvalue weighted by atomic mass is 79.9. The van der Waals surface area contributed by atoms with Crippen molar-refractivity contribution in [1.82, 2.24) is 5.32 Å². The normalized spacial score (nSPS) is 15.6. The Hall–Kier alpha value is -1.07. The Morgan fingerprint density at radius 3 is 2.70 bits per heavy atom. The number of nitrogens with one attached hydrogen (secondary N) is 2. The molecule has 1 saturated heterocycles. The molecule has 4 nitrogen and oxygen atoms in total. The van der Waals surface area contributed by atoms with Gasteiger partial charge in [-0.3, -0.25) is 5.32 Å². The fourth-order valence-corrected chi connectivity index (χ4v) is 2.42. The van der Waals surface area contributed by atoms with E-state index < -0.39 is 11.7 Å². The molecular formula is C15H21BrN2O2. The highest BCUT2D eigenvalue weighted by Gasteiger charge is 2.21. The van der Waals surface area contributed by atoms with Crippen LogP contribution in [0, 0.1) is 5.92 Å². The number of ether oxygens (including phenoxy) is 1. The highest BCUT2D eigenvalue weighted by molar-refractivity contribution is 9.10. The number of carbonyl (C=O) groups excluding carboxylic acids is 1. The van der Waals surface area contributed by atoms with Gasteiger partial charge in [0.25, 0.3) is 0 Å². The van der Waals surface area contributed by atoms with Crippen LogP contribution in [0.1, 0.15) is 26.3 Å². The Morgan fingerprint density at radius 1 is 1.45 bits per heavy atom. The van der Waals surface area contributed by atoms with Crippen molar-refractivity contribution >= 4 is 27.7 Å². The van der Waals surface area contributed by atoms with Crippen LogP contribution >= 0.6 is 15.9 Å². The number of carbonyl (C=O) groups is 1. The minimum Gasteiger partial charge on any atom is -0.444 e. The molecule has 0 spiro atoms. The van der Waals surface area contributed by atoms with Crippen molar-refractivity contribution in [3.63, 3.8) is 0 Å². The van der Waals surface area contributed by atoms with Gasteiger partial charge in [-0.1, -0.05) is 22.0 Å². The zero-order chi connectivity index (χ0) is 14.8. The zero-order valence-electron chi connectivity index (χ0n) is 12.1. The average molecular weight is 341 g/mol. The van der Waals surface area contributed by atoms with Crippen molar-refractivity contribution < 1.29 is 9.53 Å². The van der Waals surface area contributed by atoms with Gasteiger partial charge in [0, 0.05) is 10.2 Å². The molecule has 0 unspecified atom stereocenters. The molecule has 0 aliphatic carbocycles. The fourth-order valence-electron chi connectivity index (χ4n) is 2.06. The molecule has 0 bridgehead atoms. The van der Waals surface area contributed by atoms with E-state index in [1.54, 1.807) is 0 Å². The maximum atomic E-state index is 11.9. The second kappa shape index (κ2) is 6.14. The van der Waals surface area contributed by atoms with Crippen molar-refractivity contribution in [2.75, 3.05) is 18.4 Å². The first-order valence-electron chi connectivity index (χ1n) is 6.82. The Bertz CT molecular complexity index is 493. The summed E-state index contributed by atoms with van der Waals surface area (Å²) >= 11 is 3.44. The number of hydrogen-bond donors (Lipinski definition) is 2. The van der Waals surface area contributed by atoms with E-state index in [-0.39, 0.29) is 0 Å². The average Bonchev–Trinajstić information content (AvgIpc) is 2.22. The van der Waals surface area contributed by atoms with Crippen LogP contribution in [0.5, 0.6) is 0 Å². The van der Waals surface area contributed by atoms with Crippen molar-refractivity contribution in [2.45, 2.75) is 32.8 Å². The maximum absolute atomic E-state index is 11.9. The van der Waals surface area contributed by atoms with E-state index in [2.05, 4.69) is 32.6 Å². The Labute approximate surface area is 128 Å². The molecular weight excluding hydrogens is 320 g/mol. The van der Waals surface area contributed by atoms with Gasteiger partial charge in [0.05, 0.1) is 0 Å². The van der Waals surface area contributed by atoms with Gasteiger partial charge in [0.15, 0.2) is 0 Å². The van der Waals surface area contributed by atoms with E-state index in [0.717, 1.165) is 35.2 Å². The van der Waals surface area contributed by atoms with E-state index in [1.165, 1.54) is 0 Å². The second-order valence-corrected chi connectivity index (χ2v) is 7.07. The van der Waals surface area contributed by atoms with Crippen molar-refractivity contribution in [2.24, 2.45) is 5.92 Å². The standard InChI is InChI=1S/C15H21BrN2O2/c1-15(2,3)20-14(19)18-13-7-12(16)5-4-11(13)6-10-8-17-9-10/h4-5,7,10,17H,6,8-9H2,1-3H3,(H,18,19). The molecule has 0 atom stereocenters. The molecule has 1 fully saturated rings. The van der Waals surface area contributed by atoms with Crippen LogP contribution in [0.4, 0.5) is 10.5 Å². The Morgan fingerprint density at radius 2 is 2.15 bits per heavy atom. The van der Waals surface area contributed by atoms with E-state index in [1.807, 2.05) is 32.9 Å². The van der Waals surface area contributed by atoms with Crippen LogP contribution in [0.25, 0.3) is 0 Å². The predicted molar refractivity (Wildman–Crippen MR) is 84.1 cm³/mol. The molecule has 2 N–H and O–H groups in total. The van der Waals surface area contributed by atoms with Crippen molar-refractivity contribution in [1.29, 1.82) is 0 Å². The second-order valence-electron chi connectivity index (χ2n) is 6.16. The van der Waals surface area contributed by atoms with Crippen molar-refractivity contribution in [3.8, 4) is 0 Å². The number of amides is 1. The highest BCUT2D eigenvalue weighted by Crippen LogP contribution is 2.25. The lowest BCUT2D eigenvalue weighted by Crippen LogP contribution is -2.43. The molecule has 1 aliphatic heterocycles. The molecule has 20 heavy (non-hydrogen) atoms. The summed E-state index contributed by atoms with van der Waals surface area (Å²) in [6.45, 7) is 7.65. The number of hydrogen-bond acceptors (Lipinski definition) is 3. The molecule has 0 aromatic heterocycles. The molecule has 1 amide bonds. The predicted octanol–water partition coefficient (Wildman–Crippen LogP) is 3.56. The van der Waals surface area contributed by atoms with Crippen LogP contribution in [-0.4, -0.2) is 24.8 Å². The van der Waals surface area contributed by atoms with Crippen LogP contribution in [0.2, 0.25) is 0 Å². The molecule has 0 saturated carbocycles. The van der Waals surface area contributed by atoms with Crippen molar-refractivity contribution in [3.05, 3.63) is 28.2 Å². The van der Waals surface area contributed by atoms with Gasteiger partial charge >= 0.3 is 6.09 Å². The third kappa shape index (κ3) is 4.49. The van der Waals surface area contributed by atoms with Gasteiger partial charge in [-0.25, -0.2) is 4.79 Å². The lowest BCUT2D eigenvalue weighted by Gasteiger charge is -2.28. The summed E-state index contributed by atoms with van der Waals surface area (Å²) in [6.07, 6.45) is 0.550.